The fraction of sp³-hybridized carbons (Fsp3) is 0.173. The first-order chi connectivity index (χ1) is 27.9. The number of hydrogen-bond acceptors (Lipinski definition) is 6. The third kappa shape index (κ3) is 9.64. The minimum absolute atomic E-state index is 0.131. The van der Waals surface area contributed by atoms with Crippen molar-refractivity contribution < 1.29 is 0 Å². The largest absolute Gasteiger partial charge is 0.367 e. The highest BCUT2D eigenvalue weighted by Crippen LogP contribution is 2.33. The Morgan fingerprint density at radius 2 is 1.07 bits per heavy atom. The number of nitrogens with zero attached hydrogens (tertiary/aromatic N) is 5. The van der Waals surface area contributed by atoms with Gasteiger partial charge in [-0.05, 0) is 149 Å². The van der Waals surface area contributed by atoms with Gasteiger partial charge in [-0.3, -0.25) is 4.98 Å². The van der Waals surface area contributed by atoms with Gasteiger partial charge in [-0.25, -0.2) is 0 Å². The lowest BCUT2D eigenvalue weighted by Gasteiger charge is -2.17. The molecule has 0 bridgehead atoms. The number of aromatic nitrogens is 1. The van der Waals surface area contributed by atoms with Crippen molar-refractivity contribution in [2.24, 2.45) is 0 Å². The van der Waals surface area contributed by atoms with Gasteiger partial charge in [0.05, 0.1) is 12.1 Å². The second kappa shape index (κ2) is 18.9. The molecule has 58 heavy (non-hydrogen) atoms. The number of nitrogens with one attached hydrogen (secondary N) is 1. The maximum Gasteiger partial charge on any atom is 0.158 e. The molecular weight excluding hydrogens is 709 g/mol. The molecule has 284 valence electrons. The van der Waals surface area contributed by atoms with Crippen LogP contribution in [0.5, 0.6) is 0 Å². The molecule has 4 aromatic carbocycles. The molecule has 0 fully saturated rings. The topological polar surface area (TPSA) is 120 Å². The highest BCUT2D eigenvalue weighted by Gasteiger charge is 2.13. The van der Waals surface area contributed by atoms with E-state index in [2.05, 4.69) is 102 Å². The molecule has 1 N–H and O–H groups in total. The fourth-order valence-corrected chi connectivity index (χ4v) is 7.49. The summed E-state index contributed by atoms with van der Waals surface area (Å²) in [6.07, 6.45) is 16.2. The van der Waals surface area contributed by atoms with Gasteiger partial charge in [0.2, 0.25) is 0 Å². The van der Waals surface area contributed by atoms with Crippen LogP contribution in [0, 0.1) is 86.9 Å². The number of nitriles is 4. The fourth-order valence-electron chi connectivity index (χ4n) is 7.49. The number of allylic oxidation sites excluding steroid dienone is 2. The predicted octanol–water partition coefficient (Wildman–Crippen LogP) is 8.61. The summed E-state index contributed by atoms with van der Waals surface area (Å²) in [5, 5.41) is 43.2. The maximum absolute atomic E-state index is 9.00. The minimum Gasteiger partial charge on any atom is -0.367 e. The van der Waals surface area contributed by atoms with Crippen molar-refractivity contribution in [1.82, 2.24) is 10.3 Å². The molecule has 5 aromatic rings. The highest BCUT2D eigenvalue weighted by atomic mass is 14.8. The molecule has 0 spiro atoms. The van der Waals surface area contributed by atoms with Crippen molar-refractivity contribution in [3.63, 3.8) is 0 Å². The van der Waals surface area contributed by atoms with Crippen LogP contribution in [-0.4, -0.2) is 4.98 Å². The lowest BCUT2D eigenvalue weighted by atomic mass is 9.89. The summed E-state index contributed by atoms with van der Waals surface area (Å²) in [7, 11) is 0. The number of benzene rings is 4. The zero-order chi connectivity index (χ0) is 41.9. The first-order valence-electron chi connectivity index (χ1n) is 19.0. The second-order valence-electron chi connectivity index (χ2n) is 14.6. The van der Waals surface area contributed by atoms with E-state index in [1.54, 1.807) is 12.1 Å². The van der Waals surface area contributed by atoms with Gasteiger partial charge in [0.15, 0.2) is 5.92 Å². The second-order valence-corrected chi connectivity index (χ2v) is 14.6. The zero-order valence-electron chi connectivity index (χ0n) is 34.4. The van der Waals surface area contributed by atoms with E-state index in [-0.39, 0.29) is 5.57 Å². The summed E-state index contributed by atoms with van der Waals surface area (Å²) in [6, 6.07) is 31.7. The van der Waals surface area contributed by atoms with E-state index in [4.69, 9.17) is 21.0 Å². The Balaban J connectivity index is 0.000000221. The van der Waals surface area contributed by atoms with Crippen LogP contribution < -0.4 is 26.2 Å². The van der Waals surface area contributed by atoms with E-state index in [9.17, 15) is 0 Å². The van der Waals surface area contributed by atoms with Crippen molar-refractivity contribution in [2.75, 3.05) is 0 Å². The Morgan fingerprint density at radius 3 is 1.59 bits per heavy atom. The number of aryl methyl sites for hydroxylation is 6. The summed E-state index contributed by atoms with van der Waals surface area (Å²) in [5.74, 6) is -0.717. The lowest BCUT2D eigenvalue weighted by Crippen LogP contribution is -2.22. The molecular formula is C52H46N6. The van der Waals surface area contributed by atoms with Gasteiger partial charge in [0.25, 0.3) is 0 Å². The number of dihydropyridines is 1. The summed E-state index contributed by atoms with van der Waals surface area (Å²) in [5.41, 5.74) is 16.7. The first-order valence-corrected chi connectivity index (χ1v) is 19.0. The van der Waals surface area contributed by atoms with Crippen LogP contribution in [-0.2, 0) is 0 Å². The van der Waals surface area contributed by atoms with Gasteiger partial charge in [0.1, 0.15) is 17.7 Å². The Morgan fingerprint density at radius 1 is 0.569 bits per heavy atom. The maximum atomic E-state index is 9.00. The van der Waals surface area contributed by atoms with Gasteiger partial charge in [-0.2, -0.15) is 21.0 Å². The first kappa shape index (κ1) is 41.6. The molecule has 0 amide bonds. The average molecular weight is 755 g/mol. The van der Waals surface area contributed by atoms with Crippen LogP contribution >= 0.6 is 0 Å². The van der Waals surface area contributed by atoms with Crippen LogP contribution in [0.2, 0.25) is 0 Å². The molecule has 6 rings (SSSR count). The third-order valence-corrected chi connectivity index (χ3v) is 10.2. The zero-order valence-corrected chi connectivity index (χ0v) is 34.4. The van der Waals surface area contributed by atoms with Crippen LogP contribution in [0.25, 0.3) is 46.6 Å². The molecule has 2 heterocycles. The van der Waals surface area contributed by atoms with Gasteiger partial charge < -0.3 is 5.32 Å². The monoisotopic (exact) mass is 754 g/mol. The van der Waals surface area contributed by atoms with Crippen molar-refractivity contribution in [1.29, 1.82) is 21.0 Å². The Bertz CT molecular complexity index is 2790. The van der Waals surface area contributed by atoms with Crippen molar-refractivity contribution >= 4 is 35.5 Å². The predicted molar refractivity (Wildman–Crippen MR) is 236 cm³/mol. The molecule has 0 aliphatic carbocycles. The molecule has 6 nitrogen and oxygen atoms in total. The molecule has 0 radical (unpaired) electrons. The Kier molecular flexibility index (Phi) is 13.6. The number of pyridine rings is 1. The average Bonchev–Trinajstić information content (AvgIpc) is 3.20. The summed E-state index contributed by atoms with van der Waals surface area (Å²) < 4.78 is 0. The smallest absolute Gasteiger partial charge is 0.158 e. The highest BCUT2D eigenvalue weighted by molar-refractivity contribution is 5.80. The SMILES string of the molecule is CC1=CNC=C(C)C1=c1c(C)cc(=CC=c2ccc(=C(C#N)C#N)cc2)cc1C.Cc1cncc(C)c1-c1c(C)cc(/C=C/c2ccc(C(C#N)C#N)cc2)cc1C. The van der Waals surface area contributed by atoms with Crippen LogP contribution in [0.15, 0.2) is 109 Å². The standard InChI is InChI=1S/2C26H23N3/c2*1-17-11-22(6-5-21-7-9-23(10-8-21)24(13-27)14-28)12-18(2)25(17)26-19(3)15-29-16-20(26)4/h5-12,15-16,29H,1-4H3;5-12,15-16,24H,1-4H3/b;6-5+. The molecule has 1 aliphatic rings. The van der Waals surface area contributed by atoms with E-state index < -0.39 is 5.92 Å². The lowest BCUT2D eigenvalue weighted by molar-refractivity contribution is 1.10. The number of hydrogen-bond donors (Lipinski definition) is 1. The van der Waals surface area contributed by atoms with Crippen molar-refractivity contribution in [3.8, 4) is 35.4 Å². The van der Waals surface area contributed by atoms with Gasteiger partial charge in [-0.15, -0.1) is 0 Å². The van der Waals surface area contributed by atoms with E-state index in [0.29, 0.717) is 5.22 Å². The van der Waals surface area contributed by atoms with Gasteiger partial charge in [0, 0.05) is 30.0 Å². The molecule has 1 aromatic heterocycles. The Hall–Kier alpha value is -7.51. The Labute approximate surface area is 342 Å². The van der Waals surface area contributed by atoms with Crippen molar-refractivity contribution in [2.45, 2.75) is 61.3 Å². The van der Waals surface area contributed by atoms with Gasteiger partial charge >= 0.3 is 0 Å². The summed E-state index contributed by atoms with van der Waals surface area (Å²) in [4.78, 5) is 4.29. The molecule has 0 saturated carbocycles. The molecule has 0 atom stereocenters. The van der Waals surface area contributed by atoms with Gasteiger partial charge in [-0.1, -0.05) is 97.1 Å². The minimum atomic E-state index is -0.717. The summed E-state index contributed by atoms with van der Waals surface area (Å²) >= 11 is 0. The van der Waals surface area contributed by atoms with E-state index in [0.717, 1.165) is 27.1 Å². The van der Waals surface area contributed by atoms with E-state index in [1.165, 1.54) is 66.4 Å². The third-order valence-electron chi connectivity index (χ3n) is 10.2. The van der Waals surface area contributed by atoms with Crippen LogP contribution in [0.4, 0.5) is 0 Å². The molecule has 6 heteroatoms. The normalized spacial score (nSPS) is 11.8. The van der Waals surface area contributed by atoms with E-state index >= 15 is 0 Å². The number of rotatable bonds is 5. The summed E-state index contributed by atoms with van der Waals surface area (Å²) in [6.45, 7) is 17.1. The molecule has 0 saturated heterocycles. The molecule has 0 unspecified atom stereocenters. The van der Waals surface area contributed by atoms with Crippen LogP contribution in [0.1, 0.15) is 69.8 Å². The van der Waals surface area contributed by atoms with Crippen molar-refractivity contribution in [3.05, 3.63) is 180 Å². The van der Waals surface area contributed by atoms with Crippen LogP contribution in [0.3, 0.4) is 0 Å². The molecule has 1 aliphatic heterocycles. The van der Waals surface area contributed by atoms with E-state index in [1.807, 2.05) is 97.6 Å². The quantitative estimate of drug-likeness (QED) is 0.180.